The maximum absolute atomic E-state index is 12.0. The van der Waals surface area contributed by atoms with Crippen LogP contribution in [0.5, 0.6) is 0 Å². The standard InChI is InChI=1S/C15H22N2O/c1-13(12-17-10-6-3-7-11-17)16-15(18)14-8-4-2-5-9-14/h2,4-5,8-9,13H,3,6-7,10-12H2,1H3,(H,16,18). The molecule has 1 atom stereocenters. The van der Waals surface area contributed by atoms with E-state index >= 15 is 0 Å². The second kappa shape index (κ2) is 6.55. The third kappa shape index (κ3) is 3.84. The van der Waals surface area contributed by atoms with Gasteiger partial charge in [-0.1, -0.05) is 24.6 Å². The van der Waals surface area contributed by atoms with E-state index in [1.807, 2.05) is 30.3 Å². The highest BCUT2D eigenvalue weighted by Gasteiger charge is 2.15. The lowest BCUT2D eigenvalue weighted by Crippen LogP contribution is -2.43. The number of hydrogen-bond acceptors (Lipinski definition) is 2. The maximum Gasteiger partial charge on any atom is 0.251 e. The minimum absolute atomic E-state index is 0.0279. The van der Waals surface area contributed by atoms with E-state index in [0.29, 0.717) is 0 Å². The number of hydrogen-bond donors (Lipinski definition) is 1. The second-order valence-electron chi connectivity index (χ2n) is 5.10. The quantitative estimate of drug-likeness (QED) is 0.884. The van der Waals surface area contributed by atoms with Gasteiger partial charge in [-0.15, -0.1) is 0 Å². The van der Waals surface area contributed by atoms with Crippen molar-refractivity contribution in [2.45, 2.75) is 32.2 Å². The van der Waals surface area contributed by atoms with Crippen molar-refractivity contribution in [3.8, 4) is 0 Å². The van der Waals surface area contributed by atoms with Gasteiger partial charge in [0.1, 0.15) is 0 Å². The van der Waals surface area contributed by atoms with Crippen molar-refractivity contribution in [2.24, 2.45) is 0 Å². The summed E-state index contributed by atoms with van der Waals surface area (Å²) in [6.07, 6.45) is 3.93. The average molecular weight is 246 g/mol. The van der Waals surface area contributed by atoms with E-state index in [1.165, 1.54) is 32.4 Å². The van der Waals surface area contributed by atoms with Crippen molar-refractivity contribution in [3.63, 3.8) is 0 Å². The summed E-state index contributed by atoms with van der Waals surface area (Å²) in [5.41, 5.74) is 0.739. The Morgan fingerprint density at radius 3 is 2.56 bits per heavy atom. The molecule has 3 nitrogen and oxygen atoms in total. The first-order valence-corrected chi connectivity index (χ1v) is 6.84. The summed E-state index contributed by atoms with van der Waals surface area (Å²) >= 11 is 0. The number of nitrogens with one attached hydrogen (secondary N) is 1. The number of nitrogens with zero attached hydrogens (tertiary/aromatic N) is 1. The SMILES string of the molecule is CC(CN1CCCCC1)NC(=O)c1ccccc1. The van der Waals surface area contributed by atoms with Gasteiger partial charge < -0.3 is 10.2 Å². The largest absolute Gasteiger partial charge is 0.348 e. The van der Waals surface area contributed by atoms with Crippen LogP contribution >= 0.6 is 0 Å². The molecule has 1 aliphatic rings. The normalized spacial score (nSPS) is 18.3. The number of amides is 1. The zero-order valence-electron chi connectivity index (χ0n) is 11.1. The van der Waals surface area contributed by atoms with Gasteiger partial charge in [0.05, 0.1) is 0 Å². The fraction of sp³-hybridized carbons (Fsp3) is 0.533. The highest BCUT2D eigenvalue weighted by atomic mass is 16.1. The van der Waals surface area contributed by atoms with Gasteiger partial charge in [0.25, 0.3) is 5.91 Å². The Labute approximate surface area is 109 Å². The monoisotopic (exact) mass is 246 g/mol. The van der Waals surface area contributed by atoms with Crippen LogP contribution < -0.4 is 5.32 Å². The molecule has 1 aromatic rings. The molecule has 0 radical (unpaired) electrons. The molecule has 1 aliphatic heterocycles. The molecule has 1 fully saturated rings. The fourth-order valence-corrected chi connectivity index (χ4v) is 2.47. The number of carbonyl (C=O) groups excluding carboxylic acids is 1. The van der Waals surface area contributed by atoms with Crippen LogP contribution in [0.15, 0.2) is 30.3 Å². The summed E-state index contributed by atoms with van der Waals surface area (Å²) in [6, 6.07) is 9.62. The maximum atomic E-state index is 12.0. The van der Waals surface area contributed by atoms with Crippen LogP contribution in [-0.2, 0) is 0 Å². The molecule has 98 valence electrons. The van der Waals surface area contributed by atoms with E-state index in [1.54, 1.807) is 0 Å². The van der Waals surface area contributed by atoms with Crippen molar-refractivity contribution in [3.05, 3.63) is 35.9 Å². The number of rotatable bonds is 4. The molecule has 3 heteroatoms. The zero-order chi connectivity index (χ0) is 12.8. The summed E-state index contributed by atoms with van der Waals surface area (Å²) in [7, 11) is 0. The van der Waals surface area contributed by atoms with Gasteiger partial charge >= 0.3 is 0 Å². The van der Waals surface area contributed by atoms with Crippen LogP contribution in [0.2, 0.25) is 0 Å². The molecule has 1 unspecified atom stereocenters. The number of benzene rings is 1. The molecular weight excluding hydrogens is 224 g/mol. The second-order valence-corrected chi connectivity index (χ2v) is 5.10. The lowest BCUT2D eigenvalue weighted by molar-refractivity contribution is 0.0925. The molecular formula is C15H22N2O. The molecule has 1 amide bonds. The van der Waals surface area contributed by atoms with Crippen LogP contribution in [0, 0.1) is 0 Å². The first-order valence-electron chi connectivity index (χ1n) is 6.84. The van der Waals surface area contributed by atoms with Crippen LogP contribution in [0.3, 0.4) is 0 Å². The molecule has 0 aliphatic carbocycles. The van der Waals surface area contributed by atoms with Crippen molar-refractivity contribution < 1.29 is 4.79 Å². The van der Waals surface area contributed by atoms with Gasteiger partial charge in [-0.05, 0) is 45.0 Å². The minimum Gasteiger partial charge on any atom is -0.348 e. The summed E-state index contributed by atoms with van der Waals surface area (Å²) < 4.78 is 0. The van der Waals surface area contributed by atoms with Gasteiger partial charge in [-0.3, -0.25) is 4.79 Å². The number of likely N-dealkylation sites (tertiary alicyclic amines) is 1. The summed E-state index contributed by atoms with van der Waals surface area (Å²) in [5, 5.41) is 3.06. The number of carbonyl (C=O) groups is 1. The Balaban J connectivity index is 1.80. The highest BCUT2D eigenvalue weighted by molar-refractivity contribution is 5.94. The Hall–Kier alpha value is -1.35. The Kier molecular flexibility index (Phi) is 4.76. The highest BCUT2D eigenvalue weighted by Crippen LogP contribution is 2.09. The summed E-state index contributed by atoms with van der Waals surface area (Å²) in [5.74, 6) is 0.0279. The molecule has 18 heavy (non-hydrogen) atoms. The summed E-state index contributed by atoms with van der Waals surface area (Å²) in [6.45, 7) is 5.38. The van der Waals surface area contributed by atoms with Crippen LogP contribution in [0.4, 0.5) is 0 Å². The first kappa shape index (κ1) is 13.1. The van der Waals surface area contributed by atoms with Crippen molar-refractivity contribution in [2.75, 3.05) is 19.6 Å². The lowest BCUT2D eigenvalue weighted by Gasteiger charge is -2.29. The van der Waals surface area contributed by atoms with E-state index in [4.69, 9.17) is 0 Å². The van der Waals surface area contributed by atoms with Gasteiger partial charge in [0.2, 0.25) is 0 Å². The van der Waals surface area contributed by atoms with Gasteiger partial charge in [-0.2, -0.15) is 0 Å². The Morgan fingerprint density at radius 1 is 1.22 bits per heavy atom. The smallest absolute Gasteiger partial charge is 0.251 e. The van der Waals surface area contributed by atoms with Crippen molar-refractivity contribution >= 4 is 5.91 Å². The topological polar surface area (TPSA) is 32.3 Å². The van der Waals surface area contributed by atoms with Crippen LogP contribution in [-0.4, -0.2) is 36.5 Å². The van der Waals surface area contributed by atoms with Crippen LogP contribution in [0.25, 0.3) is 0 Å². The molecule has 1 heterocycles. The molecule has 0 saturated carbocycles. The van der Waals surface area contributed by atoms with Crippen molar-refractivity contribution in [1.29, 1.82) is 0 Å². The third-order valence-corrected chi connectivity index (χ3v) is 3.39. The van der Waals surface area contributed by atoms with E-state index < -0.39 is 0 Å². The Bertz CT molecular complexity index is 371. The molecule has 1 N–H and O–H groups in total. The third-order valence-electron chi connectivity index (χ3n) is 3.39. The predicted molar refractivity (Wildman–Crippen MR) is 73.7 cm³/mol. The first-order chi connectivity index (χ1) is 8.75. The molecule has 0 bridgehead atoms. The molecule has 1 aromatic carbocycles. The van der Waals surface area contributed by atoms with E-state index in [0.717, 1.165) is 12.1 Å². The minimum atomic E-state index is 0.0279. The average Bonchev–Trinajstić information content (AvgIpc) is 2.40. The number of piperidine rings is 1. The van der Waals surface area contributed by atoms with Gasteiger partial charge in [0, 0.05) is 18.2 Å². The van der Waals surface area contributed by atoms with Crippen LogP contribution in [0.1, 0.15) is 36.5 Å². The van der Waals surface area contributed by atoms with Gasteiger partial charge in [0.15, 0.2) is 0 Å². The fourth-order valence-electron chi connectivity index (χ4n) is 2.47. The van der Waals surface area contributed by atoms with E-state index in [2.05, 4.69) is 17.1 Å². The zero-order valence-corrected chi connectivity index (χ0v) is 11.1. The van der Waals surface area contributed by atoms with Gasteiger partial charge in [-0.25, -0.2) is 0 Å². The molecule has 0 aromatic heterocycles. The van der Waals surface area contributed by atoms with E-state index in [9.17, 15) is 4.79 Å². The van der Waals surface area contributed by atoms with Crippen molar-refractivity contribution in [1.82, 2.24) is 10.2 Å². The molecule has 2 rings (SSSR count). The molecule has 0 spiro atoms. The Morgan fingerprint density at radius 2 is 1.89 bits per heavy atom. The molecule has 1 saturated heterocycles. The predicted octanol–water partition coefficient (Wildman–Crippen LogP) is 2.29. The lowest BCUT2D eigenvalue weighted by atomic mass is 10.1. The summed E-state index contributed by atoms with van der Waals surface area (Å²) in [4.78, 5) is 14.4. The van der Waals surface area contributed by atoms with E-state index in [-0.39, 0.29) is 11.9 Å².